The molecule has 0 aromatic rings. The van der Waals surface area contributed by atoms with Gasteiger partial charge >= 0.3 is 5.97 Å². The number of hydrogen-bond donors (Lipinski definition) is 0. The molecule has 3 saturated carbocycles. The Bertz CT molecular complexity index is 480. The van der Waals surface area contributed by atoms with Gasteiger partial charge in [0.05, 0.1) is 5.41 Å². The maximum atomic E-state index is 12.2. The van der Waals surface area contributed by atoms with Crippen LogP contribution >= 0.6 is 0 Å². The summed E-state index contributed by atoms with van der Waals surface area (Å²) in [6.45, 7) is 0. The number of fused-ring (bicyclic) bond motifs is 4. The highest BCUT2D eigenvalue weighted by Crippen LogP contribution is 2.78. The summed E-state index contributed by atoms with van der Waals surface area (Å²) in [6.07, 6.45) is 5.99. The van der Waals surface area contributed by atoms with Crippen molar-refractivity contribution in [2.24, 2.45) is 35.0 Å². The standard InChI is InChI=1S/C13H12O3/c14-8-2-1-6-10(8)11-5-3-7-9(4-5)16-12(15)13(6,7)11/h1-2,5-7,9-11H,3-4H2/t5-,6+,7+,9-,10+,11+,13-/m1/s1. The van der Waals surface area contributed by atoms with Gasteiger partial charge in [-0.3, -0.25) is 9.59 Å². The van der Waals surface area contributed by atoms with E-state index in [1.807, 2.05) is 6.08 Å². The van der Waals surface area contributed by atoms with Gasteiger partial charge in [-0.05, 0) is 30.8 Å². The van der Waals surface area contributed by atoms with E-state index in [0.717, 1.165) is 12.8 Å². The second kappa shape index (κ2) is 2.01. The summed E-state index contributed by atoms with van der Waals surface area (Å²) >= 11 is 0. The molecule has 0 N–H and O–H groups in total. The molecule has 0 aromatic carbocycles. The molecule has 1 spiro atoms. The minimum atomic E-state index is -0.263. The molecule has 5 rings (SSSR count). The van der Waals surface area contributed by atoms with Crippen LogP contribution in [0.5, 0.6) is 0 Å². The van der Waals surface area contributed by atoms with E-state index < -0.39 is 0 Å². The largest absolute Gasteiger partial charge is 0.462 e. The van der Waals surface area contributed by atoms with E-state index in [-0.39, 0.29) is 35.1 Å². The SMILES string of the molecule is O=C1C=C[C@H]2[C@@H]1[C@@H]1[C@H]3C[C@H]4OC(=O)[C@]12[C@H]4C3. The monoisotopic (exact) mass is 216 g/mol. The molecule has 4 fully saturated rings. The number of carbonyl (C=O) groups is 2. The van der Waals surface area contributed by atoms with Gasteiger partial charge in [0, 0.05) is 17.8 Å². The van der Waals surface area contributed by atoms with Gasteiger partial charge in [-0.15, -0.1) is 0 Å². The minimum Gasteiger partial charge on any atom is -0.462 e. The summed E-state index contributed by atoms with van der Waals surface area (Å²) in [5.41, 5.74) is -0.263. The lowest BCUT2D eigenvalue weighted by Crippen LogP contribution is -2.61. The molecule has 4 aliphatic carbocycles. The Kier molecular flexibility index (Phi) is 1.01. The fourth-order valence-corrected chi connectivity index (χ4v) is 5.67. The van der Waals surface area contributed by atoms with Crippen LogP contribution in [0.2, 0.25) is 0 Å². The Morgan fingerprint density at radius 2 is 2.19 bits per heavy atom. The number of carbonyl (C=O) groups excluding carboxylic acids is 2. The van der Waals surface area contributed by atoms with Crippen molar-refractivity contribution in [3.8, 4) is 0 Å². The van der Waals surface area contributed by atoms with Crippen molar-refractivity contribution >= 4 is 11.8 Å². The fraction of sp³-hybridized carbons (Fsp3) is 0.692. The van der Waals surface area contributed by atoms with Gasteiger partial charge in [0.1, 0.15) is 6.10 Å². The van der Waals surface area contributed by atoms with Crippen molar-refractivity contribution in [1.82, 2.24) is 0 Å². The summed E-state index contributed by atoms with van der Waals surface area (Å²) in [7, 11) is 0. The van der Waals surface area contributed by atoms with Crippen molar-refractivity contribution in [3.05, 3.63) is 12.2 Å². The zero-order valence-corrected chi connectivity index (χ0v) is 8.76. The van der Waals surface area contributed by atoms with Crippen molar-refractivity contribution in [2.75, 3.05) is 0 Å². The Morgan fingerprint density at radius 3 is 3.06 bits per heavy atom. The molecular formula is C13H12O3. The average molecular weight is 216 g/mol. The Labute approximate surface area is 92.8 Å². The summed E-state index contributed by atoms with van der Waals surface area (Å²) in [5, 5.41) is 0. The van der Waals surface area contributed by atoms with Crippen LogP contribution in [0.25, 0.3) is 0 Å². The molecule has 3 nitrogen and oxygen atoms in total. The molecule has 0 aromatic heterocycles. The van der Waals surface area contributed by atoms with Gasteiger partial charge in [-0.1, -0.05) is 6.08 Å². The summed E-state index contributed by atoms with van der Waals surface area (Å²) < 4.78 is 5.52. The number of rotatable bonds is 0. The normalized spacial score (nSPS) is 63.2. The van der Waals surface area contributed by atoms with Gasteiger partial charge in [0.15, 0.2) is 5.78 Å². The third kappa shape index (κ3) is 0.507. The highest BCUT2D eigenvalue weighted by atomic mass is 16.6. The van der Waals surface area contributed by atoms with Gasteiger partial charge < -0.3 is 4.74 Å². The van der Waals surface area contributed by atoms with Crippen LogP contribution in [0.4, 0.5) is 0 Å². The van der Waals surface area contributed by atoms with E-state index in [0.29, 0.717) is 17.8 Å². The molecule has 1 saturated heterocycles. The molecule has 0 radical (unpaired) electrons. The minimum absolute atomic E-state index is 0.00750. The predicted molar refractivity (Wildman–Crippen MR) is 53.1 cm³/mol. The maximum Gasteiger partial charge on any atom is 0.313 e. The second-order valence-electron chi connectivity index (χ2n) is 6.05. The lowest BCUT2D eigenvalue weighted by atomic mass is 9.43. The first-order valence-corrected chi connectivity index (χ1v) is 6.17. The van der Waals surface area contributed by atoms with Crippen molar-refractivity contribution in [2.45, 2.75) is 18.9 Å². The summed E-state index contributed by atoms with van der Waals surface area (Å²) in [6, 6.07) is 0. The number of ether oxygens (including phenoxy) is 1. The third-order valence-electron chi connectivity index (χ3n) is 5.95. The van der Waals surface area contributed by atoms with Crippen LogP contribution in [0.3, 0.4) is 0 Å². The second-order valence-corrected chi connectivity index (χ2v) is 6.05. The van der Waals surface area contributed by atoms with Crippen LogP contribution in [0.15, 0.2) is 12.2 Å². The first-order valence-electron chi connectivity index (χ1n) is 6.17. The maximum absolute atomic E-state index is 12.2. The number of ketones is 1. The first kappa shape index (κ1) is 8.04. The van der Waals surface area contributed by atoms with Crippen LogP contribution < -0.4 is 0 Å². The molecule has 1 heterocycles. The molecule has 3 heteroatoms. The molecule has 0 unspecified atom stereocenters. The third-order valence-corrected chi connectivity index (χ3v) is 5.95. The molecule has 7 atom stereocenters. The van der Waals surface area contributed by atoms with E-state index in [9.17, 15) is 9.59 Å². The molecular weight excluding hydrogens is 204 g/mol. The van der Waals surface area contributed by atoms with Crippen LogP contribution in [0, 0.1) is 35.0 Å². The van der Waals surface area contributed by atoms with Gasteiger partial charge in [-0.2, -0.15) is 0 Å². The zero-order valence-electron chi connectivity index (χ0n) is 8.76. The molecule has 0 amide bonds. The Balaban J connectivity index is 1.75. The quantitative estimate of drug-likeness (QED) is 0.566. The lowest BCUT2D eigenvalue weighted by Gasteiger charge is -2.55. The highest BCUT2D eigenvalue weighted by Gasteiger charge is 2.83. The topological polar surface area (TPSA) is 43.4 Å². The fourth-order valence-electron chi connectivity index (χ4n) is 5.67. The van der Waals surface area contributed by atoms with Crippen molar-refractivity contribution < 1.29 is 14.3 Å². The zero-order chi connectivity index (χ0) is 10.7. The van der Waals surface area contributed by atoms with Crippen LogP contribution in [-0.4, -0.2) is 17.9 Å². The van der Waals surface area contributed by atoms with E-state index in [1.54, 1.807) is 6.08 Å². The Morgan fingerprint density at radius 1 is 1.31 bits per heavy atom. The highest BCUT2D eigenvalue weighted by molar-refractivity contribution is 6.00. The van der Waals surface area contributed by atoms with Gasteiger partial charge in [0.25, 0.3) is 0 Å². The lowest BCUT2D eigenvalue weighted by molar-refractivity contribution is -0.170. The molecule has 16 heavy (non-hydrogen) atoms. The van der Waals surface area contributed by atoms with E-state index in [1.165, 1.54) is 0 Å². The molecule has 1 aliphatic heterocycles. The number of hydrogen-bond acceptors (Lipinski definition) is 3. The van der Waals surface area contributed by atoms with Crippen molar-refractivity contribution in [1.29, 1.82) is 0 Å². The van der Waals surface area contributed by atoms with Gasteiger partial charge in [0.2, 0.25) is 0 Å². The number of allylic oxidation sites excluding steroid dienone is 2. The van der Waals surface area contributed by atoms with E-state index >= 15 is 0 Å². The van der Waals surface area contributed by atoms with E-state index in [2.05, 4.69) is 0 Å². The first-order chi connectivity index (χ1) is 7.74. The smallest absolute Gasteiger partial charge is 0.313 e. The molecule has 2 bridgehead atoms. The van der Waals surface area contributed by atoms with Crippen molar-refractivity contribution in [3.63, 3.8) is 0 Å². The van der Waals surface area contributed by atoms with Gasteiger partial charge in [-0.25, -0.2) is 0 Å². The average Bonchev–Trinajstić information content (AvgIpc) is 2.82. The van der Waals surface area contributed by atoms with Crippen LogP contribution in [0.1, 0.15) is 12.8 Å². The summed E-state index contributed by atoms with van der Waals surface area (Å²) in [4.78, 5) is 24.0. The van der Waals surface area contributed by atoms with E-state index in [4.69, 9.17) is 4.74 Å². The predicted octanol–water partition coefficient (Wildman–Crippen LogP) is 0.939. The summed E-state index contributed by atoms with van der Waals surface area (Å²) in [5.74, 6) is 1.88. The number of esters is 1. The molecule has 82 valence electrons. The Hall–Kier alpha value is -1.12. The molecule has 5 aliphatic rings. The van der Waals surface area contributed by atoms with Crippen LogP contribution in [-0.2, 0) is 14.3 Å².